The van der Waals surface area contributed by atoms with E-state index in [4.69, 9.17) is 0 Å². The summed E-state index contributed by atoms with van der Waals surface area (Å²) in [6.07, 6.45) is 0. The molecule has 0 saturated heterocycles. The molecule has 2 aromatic carbocycles. The van der Waals surface area contributed by atoms with E-state index in [9.17, 15) is 4.79 Å². The second-order valence-electron chi connectivity index (χ2n) is 4.06. The molecule has 88 valence electrons. The summed E-state index contributed by atoms with van der Waals surface area (Å²) < 4.78 is 1.87. The van der Waals surface area contributed by atoms with Gasteiger partial charge in [0.1, 0.15) is 0 Å². The summed E-state index contributed by atoms with van der Waals surface area (Å²) in [5.74, 6) is 0. The van der Waals surface area contributed by atoms with Gasteiger partial charge in [-0.15, -0.1) is 0 Å². The van der Waals surface area contributed by atoms with Gasteiger partial charge in [0.2, 0.25) is 0 Å². The minimum absolute atomic E-state index is 0.0418. The molecule has 1 aromatic heterocycles. The van der Waals surface area contributed by atoms with Gasteiger partial charge in [-0.1, -0.05) is 42.5 Å². The van der Waals surface area contributed by atoms with Crippen LogP contribution in [0.3, 0.4) is 0 Å². The highest BCUT2D eigenvalue weighted by molar-refractivity contribution is 9.08. The predicted octanol–water partition coefficient (Wildman–Crippen LogP) is 3.83. The number of aromatic nitrogens is 1. The molecule has 0 aliphatic heterocycles. The summed E-state index contributed by atoms with van der Waals surface area (Å²) in [4.78, 5) is 12.1. The van der Waals surface area contributed by atoms with E-state index < -0.39 is 0 Å². The highest BCUT2D eigenvalue weighted by Gasteiger charge is 2.08. The fourth-order valence-corrected chi connectivity index (χ4v) is 2.66. The molecular weight excluding hydrogens is 290 g/mol. The first-order valence-electron chi connectivity index (χ1n) is 5.64. The third-order valence-electron chi connectivity index (χ3n) is 2.93. The van der Waals surface area contributed by atoms with Gasteiger partial charge in [-0.05, 0) is 17.7 Å². The first kappa shape index (κ1) is 11.2. The van der Waals surface area contributed by atoms with Crippen LogP contribution in [0.2, 0.25) is 0 Å². The van der Waals surface area contributed by atoms with Crippen LogP contribution in [-0.2, 0) is 0 Å². The summed E-state index contributed by atoms with van der Waals surface area (Å²) in [5.41, 5.74) is 2.79. The van der Waals surface area contributed by atoms with Gasteiger partial charge in [0, 0.05) is 11.5 Å². The number of hydrogen-bond acceptors (Lipinski definition) is 1. The van der Waals surface area contributed by atoms with Gasteiger partial charge in [-0.3, -0.25) is 8.39 Å². The fraction of sp³-hybridized carbons (Fsp3) is 0. The van der Waals surface area contributed by atoms with Crippen LogP contribution >= 0.6 is 16.1 Å². The Hall–Kier alpha value is -1.87. The number of nitrogens with zero attached hydrogens (tertiary/aromatic N) is 1. The molecule has 0 saturated carbocycles. The van der Waals surface area contributed by atoms with Crippen molar-refractivity contribution >= 4 is 27.1 Å². The van der Waals surface area contributed by atoms with Crippen molar-refractivity contribution in [2.75, 3.05) is 0 Å². The van der Waals surface area contributed by atoms with Crippen molar-refractivity contribution in [2.45, 2.75) is 0 Å². The Morgan fingerprint density at radius 1 is 0.889 bits per heavy atom. The SMILES string of the molecule is O=c1cc(-c2ccccc2)n(Br)c2ccccc12. The number of hydrogen-bond donors (Lipinski definition) is 0. The van der Waals surface area contributed by atoms with E-state index in [0.29, 0.717) is 5.39 Å². The Labute approximate surface area is 113 Å². The van der Waals surface area contributed by atoms with Crippen molar-refractivity contribution in [1.29, 1.82) is 0 Å². The standard InChI is InChI=1S/C15H10BrNO/c16-17-13-9-5-4-8-12(13)15(18)10-14(17)11-6-2-1-3-7-11/h1-10H. The van der Waals surface area contributed by atoms with Crippen LogP contribution in [0.25, 0.3) is 22.2 Å². The summed E-state index contributed by atoms with van der Waals surface area (Å²) in [5, 5.41) is 0.717. The maximum Gasteiger partial charge on any atom is 0.190 e. The first-order chi connectivity index (χ1) is 8.77. The molecule has 2 nitrogen and oxygen atoms in total. The summed E-state index contributed by atoms with van der Waals surface area (Å²) in [7, 11) is 0. The van der Waals surface area contributed by atoms with E-state index in [2.05, 4.69) is 16.1 Å². The van der Waals surface area contributed by atoms with Crippen LogP contribution in [0.1, 0.15) is 0 Å². The molecule has 3 aromatic rings. The summed E-state index contributed by atoms with van der Waals surface area (Å²) in [6, 6.07) is 19.1. The van der Waals surface area contributed by atoms with Crippen LogP contribution in [0.5, 0.6) is 0 Å². The highest BCUT2D eigenvalue weighted by atomic mass is 79.9. The molecule has 0 radical (unpaired) electrons. The van der Waals surface area contributed by atoms with Crippen molar-refractivity contribution in [3.05, 3.63) is 70.9 Å². The quantitative estimate of drug-likeness (QED) is 0.669. The van der Waals surface area contributed by atoms with E-state index in [1.165, 1.54) is 0 Å². The van der Waals surface area contributed by atoms with Gasteiger partial charge in [0.25, 0.3) is 0 Å². The molecule has 0 unspecified atom stereocenters. The molecule has 0 N–H and O–H groups in total. The Morgan fingerprint density at radius 2 is 1.56 bits per heavy atom. The number of benzene rings is 2. The van der Waals surface area contributed by atoms with E-state index >= 15 is 0 Å². The lowest BCUT2D eigenvalue weighted by Crippen LogP contribution is -2.05. The Morgan fingerprint density at radius 3 is 2.33 bits per heavy atom. The molecule has 18 heavy (non-hydrogen) atoms. The third-order valence-corrected chi connectivity index (χ3v) is 3.69. The van der Waals surface area contributed by atoms with Crippen molar-refractivity contribution in [2.24, 2.45) is 0 Å². The lowest BCUT2D eigenvalue weighted by molar-refractivity contribution is 1.32. The minimum Gasteiger partial charge on any atom is -0.289 e. The topological polar surface area (TPSA) is 22.0 Å². The number of para-hydroxylation sites is 1. The second kappa shape index (κ2) is 4.42. The van der Waals surface area contributed by atoms with E-state index in [0.717, 1.165) is 16.8 Å². The minimum atomic E-state index is 0.0418. The molecule has 0 atom stereocenters. The van der Waals surface area contributed by atoms with Gasteiger partial charge < -0.3 is 0 Å². The maximum atomic E-state index is 12.1. The van der Waals surface area contributed by atoms with Gasteiger partial charge in [-0.25, -0.2) is 0 Å². The van der Waals surface area contributed by atoms with Crippen molar-refractivity contribution in [3.63, 3.8) is 0 Å². The average Bonchev–Trinajstić information content (AvgIpc) is 2.44. The smallest absolute Gasteiger partial charge is 0.190 e. The van der Waals surface area contributed by atoms with E-state index in [1.54, 1.807) is 6.07 Å². The monoisotopic (exact) mass is 299 g/mol. The van der Waals surface area contributed by atoms with Gasteiger partial charge in [0.15, 0.2) is 5.43 Å². The summed E-state index contributed by atoms with van der Waals surface area (Å²) in [6.45, 7) is 0. The molecule has 0 spiro atoms. The fourth-order valence-electron chi connectivity index (χ4n) is 2.05. The van der Waals surface area contributed by atoms with E-state index in [1.807, 2.05) is 58.2 Å². The summed E-state index contributed by atoms with van der Waals surface area (Å²) >= 11 is 3.53. The maximum absolute atomic E-state index is 12.1. The van der Waals surface area contributed by atoms with Crippen LogP contribution in [-0.4, -0.2) is 3.59 Å². The molecule has 3 rings (SSSR count). The van der Waals surface area contributed by atoms with Gasteiger partial charge >= 0.3 is 0 Å². The zero-order valence-electron chi connectivity index (χ0n) is 9.51. The van der Waals surface area contributed by atoms with Crippen molar-refractivity contribution in [3.8, 4) is 11.3 Å². The Bertz CT molecular complexity index is 762. The van der Waals surface area contributed by atoms with Crippen LogP contribution in [0, 0.1) is 0 Å². The number of halogens is 1. The zero-order valence-corrected chi connectivity index (χ0v) is 11.1. The van der Waals surface area contributed by atoms with Crippen molar-refractivity contribution in [1.82, 2.24) is 3.59 Å². The van der Waals surface area contributed by atoms with Crippen LogP contribution in [0.15, 0.2) is 65.5 Å². The third kappa shape index (κ3) is 1.77. The molecule has 0 aliphatic rings. The largest absolute Gasteiger partial charge is 0.289 e. The molecule has 3 heteroatoms. The number of fused-ring (bicyclic) bond motifs is 1. The van der Waals surface area contributed by atoms with E-state index in [-0.39, 0.29) is 5.43 Å². The predicted molar refractivity (Wildman–Crippen MR) is 78.0 cm³/mol. The Balaban J connectivity index is 2.39. The van der Waals surface area contributed by atoms with Crippen LogP contribution < -0.4 is 5.43 Å². The second-order valence-corrected chi connectivity index (χ2v) is 4.77. The average molecular weight is 300 g/mol. The van der Waals surface area contributed by atoms with Gasteiger partial charge in [-0.2, -0.15) is 0 Å². The Kier molecular flexibility index (Phi) is 2.76. The lowest BCUT2D eigenvalue weighted by atomic mass is 10.1. The number of pyridine rings is 1. The van der Waals surface area contributed by atoms with Gasteiger partial charge in [0.05, 0.1) is 27.4 Å². The van der Waals surface area contributed by atoms with Crippen molar-refractivity contribution < 1.29 is 0 Å². The molecule has 0 aliphatic carbocycles. The lowest BCUT2D eigenvalue weighted by Gasteiger charge is -2.10. The first-order valence-corrected chi connectivity index (χ1v) is 6.35. The molecule has 0 amide bonds. The molecule has 1 heterocycles. The highest BCUT2D eigenvalue weighted by Crippen LogP contribution is 2.24. The zero-order chi connectivity index (χ0) is 12.5. The molecule has 0 bridgehead atoms. The number of rotatable bonds is 1. The normalized spacial score (nSPS) is 10.7. The molecular formula is C15H10BrNO. The van der Waals surface area contributed by atoms with Crippen LogP contribution in [0.4, 0.5) is 0 Å². The molecule has 0 fully saturated rings.